The lowest BCUT2D eigenvalue weighted by Crippen LogP contribution is -2.44. The Balaban J connectivity index is 1.38. The molecule has 9 heteroatoms. The topological polar surface area (TPSA) is 85.2 Å². The molecule has 0 aromatic carbocycles. The molecule has 1 amide bonds. The number of nitrogens with zero attached hydrogens (tertiary/aromatic N) is 5. The van der Waals surface area contributed by atoms with Gasteiger partial charge in [0.2, 0.25) is 5.91 Å². The summed E-state index contributed by atoms with van der Waals surface area (Å²) in [6.07, 6.45) is 6.10. The third-order valence-corrected chi connectivity index (χ3v) is 5.10. The molecule has 1 aliphatic rings. The fraction of sp³-hybridized carbons (Fsp3) is 0.364. The Morgan fingerprint density at radius 2 is 2.10 bits per heavy atom. The quantitative estimate of drug-likeness (QED) is 0.654. The molecular formula is C22H25FN6O2. The Morgan fingerprint density at radius 1 is 1.23 bits per heavy atom. The van der Waals surface area contributed by atoms with Gasteiger partial charge in [0, 0.05) is 24.9 Å². The van der Waals surface area contributed by atoms with E-state index in [0.29, 0.717) is 25.5 Å². The second-order valence-electron chi connectivity index (χ2n) is 7.73. The molecule has 1 fully saturated rings. The van der Waals surface area contributed by atoms with E-state index >= 15 is 0 Å². The molecule has 0 spiro atoms. The van der Waals surface area contributed by atoms with Gasteiger partial charge in [0.1, 0.15) is 30.1 Å². The van der Waals surface area contributed by atoms with Gasteiger partial charge in [0.05, 0.1) is 36.9 Å². The number of anilines is 2. The van der Waals surface area contributed by atoms with Crippen LogP contribution in [0.2, 0.25) is 0 Å². The molecule has 162 valence electrons. The van der Waals surface area contributed by atoms with E-state index in [1.54, 1.807) is 18.5 Å². The second-order valence-corrected chi connectivity index (χ2v) is 7.73. The molecule has 0 unspecified atom stereocenters. The van der Waals surface area contributed by atoms with Gasteiger partial charge in [-0.25, -0.2) is 14.4 Å². The summed E-state index contributed by atoms with van der Waals surface area (Å²) >= 11 is 0. The lowest BCUT2D eigenvalue weighted by molar-refractivity contribution is -0.139. The third-order valence-electron chi connectivity index (χ3n) is 5.10. The number of nitrogens with one attached hydrogen (secondary N) is 1. The van der Waals surface area contributed by atoms with E-state index in [-0.39, 0.29) is 30.3 Å². The van der Waals surface area contributed by atoms with Crippen molar-refractivity contribution in [3.63, 3.8) is 0 Å². The lowest BCUT2D eigenvalue weighted by atomic mass is 10.1. The average molecular weight is 424 g/mol. The van der Waals surface area contributed by atoms with Crippen LogP contribution >= 0.6 is 0 Å². The predicted octanol–water partition coefficient (Wildman–Crippen LogP) is 3.28. The number of rotatable bonds is 6. The molecular weight excluding hydrogens is 399 g/mol. The monoisotopic (exact) mass is 424 g/mol. The zero-order valence-corrected chi connectivity index (χ0v) is 17.5. The summed E-state index contributed by atoms with van der Waals surface area (Å²) in [6.45, 7) is 5.84. The molecule has 0 bridgehead atoms. The highest BCUT2D eigenvalue weighted by molar-refractivity contribution is 5.76. The smallest absolute Gasteiger partial charge is 0.242 e. The van der Waals surface area contributed by atoms with Crippen LogP contribution in [0.25, 0.3) is 0 Å². The van der Waals surface area contributed by atoms with Crippen LogP contribution in [0, 0.1) is 5.82 Å². The predicted molar refractivity (Wildman–Crippen MR) is 113 cm³/mol. The number of carbonyl (C=O) groups excluding carboxylic acids is 1. The highest BCUT2D eigenvalue weighted by Crippen LogP contribution is 2.23. The van der Waals surface area contributed by atoms with Crippen LogP contribution in [-0.4, -0.2) is 50.0 Å². The van der Waals surface area contributed by atoms with E-state index in [2.05, 4.69) is 34.1 Å². The van der Waals surface area contributed by atoms with E-state index in [9.17, 15) is 9.18 Å². The first kappa shape index (κ1) is 20.9. The highest BCUT2D eigenvalue weighted by atomic mass is 19.1. The van der Waals surface area contributed by atoms with Crippen molar-refractivity contribution in [1.82, 2.24) is 24.4 Å². The Morgan fingerprint density at radius 3 is 2.81 bits per heavy atom. The number of morpholine rings is 1. The fourth-order valence-corrected chi connectivity index (χ4v) is 3.52. The molecule has 1 atom stereocenters. The first-order valence-corrected chi connectivity index (χ1v) is 10.2. The molecule has 3 aromatic heterocycles. The number of carbonyl (C=O) groups is 1. The number of hydrogen-bond acceptors (Lipinski definition) is 6. The standard InChI is InChI=1S/C22H25FN6O2/c1-15(2)22-24-7-8-29(22)14-21(30)28-9-10-31-19(13-28)18-5-4-17(12-25-18)27-20-6-3-16(23)11-26-20/h3-8,11-12,15,19H,9-10,13-14H2,1-2H3,(H,26,27)/t19-/m1/s1. The van der Waals surface area contributed by atoms with E-state index in [0.717, 1.165) is 23.4 Å². The molecule has 1 N–H and O–H groups in total. The maximum atomic E-state index is 13.0. The van der Waals surface area contributed by atoms with Crippen molar-refractivity contribution in [3.8, 4) is 0 Å². The summed E-state index contributed by atoms with van der Waals surface area (Å²) in [5.41, 5.74) is 1.48. The molecule has 0 aliphatic carbocycles. The zero-order chi connectivity index (χ0) is 21.8. The van der Waals surface area contributed by atoms with Crippen LogP contribution in [-0.2, 0) is 16.1 Å². The van der Waals surface area contributed by atoms with Crippen LogP contribution in [0.5, 0.6) is 0 Å². The van der Waals surface area contributed by atoms with Gasteiger partial charge >= 0.3 is 0 Å². The molecule has 4 rings (SSSR count). The van der Waals surface area contributed by atoms with E-state index in [4.69, 9.17) is 4.74 Å². The molecule has 1 saturated heterocycles. The van der Waals surface area contributed by atoms with Gasteiger partial charge in [0.25, 0.3) is 0 Å². The highest BCUT2D eigenvalue weighted by Gasteiger charge is 2.26. The van der Waals surface area contributed by atoms with E-state index < -0.39 is 0 Å². The van der Waals surface area contributed by atoms with Gasteiger partial charge < -0.3 is 19.5 Å². The summed E-state index contributed by atoms with van der Waals surface area (Å²) in [5, 5.41) is 3.07. The number of pyridine rings is 2. The molecule has 1 aliphatic heterocycles. The van der Waals surface area contributed by atoms with Gasteiger partial charge in [0.15, 0.2) is 0 Å². The van der Waals surface area contributed by atoms with Crippen molar-refractivity contribution in [1.29, 1.82) is 0 Å². The summed E-state index contributed by atoms with van der Waals surface area (Å²) in [7, 11) is 0. The molecule has 8 nitrogen and oxygen atoms in total. The minimum Gasteiger partial charge on any atom is -0.368 e. The van der Waals surface area contributed by atoms with Gasteiger partial charge in [-0.15, -0.1) is 0 Å². The number of halogens is 1. The Hall–Kier alpha value is -3.33. The second kappa shape index (κ2) is 9.22. The van der Waals surface area contributed by atoms with Crippen LogP contribution < -0.4 is 5.32 Å². The number of imidazole rings is 1. The van der Waals surface area contributed by atoms with Crippen molar-refractivity contribution in [2.24, 2.45) is 0 Å². The largest absolute Gasteiger partial charge is 0.368 e. The first-order chi connectivity index (χ1) is 15.0. The summed E-state index contributed by atoms with van der Waals surface area (Å²) < 4.78 is 20.7. The van der Waals surface area contributed by atoms with Crippen molar-refractivity contribution in [2.45, 2.75) is 32.4 Å². The molecule has 4 heterocycles. The average Bonchev–Trinajstić information content (AvgIpc) is 3.24. The van der Waals surface area contributed by atoms with Crippen molar-refractivity contribution in [3.05, 3.63) is 66.4 Å². The van der Waals surface area contributed by atoms with Crippen LogP contribution in [0.15, 0.2) is 49.1 Å². The molecule has 0 radical (unpaired) electrons. The number of amides is 1. The van der Waals surface area contributed by atoms with Crippen molar-refractivity contribution in [2.75, 3.05) is 25.0 Å². The maximum absolute atomic E-state index is 13.0. The molecule has 0 saturated carbocycles. The minimum atomic E-state index is -0.388. The fourth-order valence-electron chi connectivity index (χ4n) is 3.52. The number of hydrogen-bond donors (Lipinski definition) is 1. The first-order valence-electron chi connectivity index (χ1n) is 10.2. The normalized spacial score (nSPS) is 16.5. The van der Waals surface area contributed by atoms with Crippen molar-refractivity contribution >= 4 is 17.4 Å². The zero-order valence-electron chi connectivity index (χ0n) is 17.5. The maximum Gasteiger partial charge on any atom is 0.242 e. The minimum absolute atomic E-state index is 0.0360. The van der Waals surface area contributed by atoms with E-state index in [1.165, 1.54) is 6.07 Å². The van der Waals surface area contributed by atoms with Crippen molar-refractivity contribution < 1.29 is 13.9 Å². The number of ether oxygens (including phenoxy) is 1. The SMILES string of the molecule is CC(C)c1nccn1CC(=O)N1CCO[C@@H](c2ccc(Nc3ccc(F)cn3)cn2)C1. The number of aromatic nitrogens is 4. The Labute approximate surface area is 180 Å². The Bertz CT molecular complexity index is 1020. The van der Waals surface area contributed by atoms with Gasteiger partial charge in [-0.3, -0.25) is 9.78 Å². The van der Waals surface area contributed by atoms with Gasteiger partial charge in [-0.05, 0) is 24.3 Å². The molecule has 31 heavy (non-hydrogen) atoms. The summed E-state index contributed by atoms with van der Waals surface area (Å²) in [5.74, 6) is 1.33. The summed E-state index contributed by atoms with van der Waals surface area (Å²) in [4.78, 5) is 27.5. The van der Waals surface area contributed by atoms with Crippen LogP contribution in [0.3, 0.4) is 0 Å². The lowest BCUT2D eigenvalue weighted by Gasteiger charge is -2.33. The van der Waals surface area contributed by atoms with Gasteiger partial charge in [-0.1, -0.05) is 13.8 Å². The van der Waals surface area contributed by atoms with Crippen LogP contribution in [0.1, 0.15) is 37.4 Å². The third kappa shape index (κ3) is 5.05. The van der Waals surface area contributed by atoms with Gasteiger partial charge in [-0.2, -0.15) is 0 Å². The van der Waals surface area contributed by atoms with E-state index in [1.807, 2.05) is 27.8 Å². The Kier molecular flexibility index (Phi) is 6.22. The van der Waals surface area contributed by atoms with Crippen LogP contribution in [0.4, 0.5) is 15.9 Å². The molecule has 3 aromatic rings. The summed E-state index contributed by atoms with van der Waals surface area (Å²) in [6, 6.07) is 6.61.